The van der Waals surface area contributed by atoms with Gasteiger partial charge in [0.15, 0.2) is 9.84 Å². The van der Waals surface area contributed by atoms with Crippen molar-refractivity contribution in [3.05, 3.63) is 34.8 Å². The van der Waals surface area contributed by atoms with Crippen molar-refractivity contribution in [2.45, 2.75) is 63.4 Å². The SMILES string of the molecule is CC(C)(C)OC(=O)N1CCC2(CCc3cc(-c4ncc(CS(C)(=O)=O)s4)ccc3O2)CC1. The van der Waals surface area contributed by atoms with Gasteiger partial charge in [0, 0.05) is 48.8 Å². The predicted octanol–water partition coefficient (Wildman–Crippen LogP) is 4.45. The molecule has 1 saturated heterocycles. The first kappa shape index (κ1) is 23.0. The number of amides is 1. The molecular weight excluding hydrogens is 448 g/mol. The summed E-state index contributed by atoms with van der Waals surface area (Å²) in [5.41, 5.74) is 1.39. The molecule has 1 fully saturated rings. The molecule has 174 valence electrons. The van der Waals surface area contributed by atoms with Crippen LogP contribution in [0.1, 0.15) is 50.5 Å². The monoisotopic (exact) mass is 478 g/mol. The maximum atomic E-state index is 12.4. The number of thiazole rings is 1. The molecule has 0 saturated carbocycles. The van der Waals surface area contributed by atoms with Crippen LogP contribution in [0, 0.1) is 0 Å². The van der Waals surface area contributed by atoms with Gasteiger partial charge in [-0.1, -0.05) is 0 Å². The van der Waals surface area contributed by atoms with Crippen molar-refractivity contribution in [3.8, 4) is 16.3 Å². The second kappa shape index (κ2) is 8.33. The van der Waals surface area contributed by atoms with E-state index in [0.29, 0.717) is 13.1 Å². The number of likely N-dealkylation sites (tertiary alicyclic amines) is 1. The number of aromatic nitrogens is 1. The zero-order chi connectivity index (χ0) is 23.1. The van der Waals surface area contributed by atoms with Crippen LogP contribution in [0.15, 0.2) is 24.4 Å². The van der Waals surface area contributed by atoms with E-state index in [-0.39, 0.29) is 17.4 Å². The molecule has 2 aliphatic heterocycles. The molecule has 9 heteroatoms. The van der Waals surface area contributed by atoms with Crippen LogP contribution < -0.4 is 4.74 Å². The molecule has 1 aromatic heterocycles. The third-order valence-corrected chi connectivity index (χ3v) is 7.83. The molecule has 0 radical (unpaired) electrons. The lowest BCUT2D eigenvalue weighted by Gasteiger charge is -2.44. The van der Waals surface area contributed by atoms with E-state index in [1.54, 1.807) is 11.1 Å². The summed E-state index contributed by atoms with van der Waals surface area (Å²) >= 11 is 1.41. The number of aryl methyl sites for hydroxylation is 1. The Labute approximate surface area is 193 Å². The number of carbonyl (C=O) groups is 1. The van der Waals surface area contributed by atoms with E-state index in [1.807, 2.05) is 32.9 Å². The number of fused-ring (bicyclic) bond motifs is 1. The number of piperidine rings is 1. The van der Waals surface area contributed by atoms with Crippen LogP contribution in [-0.4, -0.2) is 54.9 Å². The molecule has 4 rings (SSSR count). The highest BCUT2D eigenvalue weighted by molar-refractivity contribution is 7.90. The van der Waals surface area contributed by atoms with Crippen molar-refractivity contribution in [2.75, 3.05) is 19.3 Å². The van der Waals surface area contributed by atoms with Gasteiger partial charge in [-0.05, 0) is 57.4 Å². The maximum Gasteiger partial charge on any atom is 0.410 e. The summed E-state index contributed by atoms with van der Waals surface area (Å²) in [6, 6.07) is 6.07. The fraction of sp³-hybridized carbons (Fsp3) is 0.565. The number of hydrogen-bond donors (Lipinski definition) is 0. The van der Waals surface area contributed by atoms with Crippen LogP contribution in [0.25, 0.3) is 10.6 Å². The third kappa shape index (κ3) is 5.43. The molecule has 2 aliphatic rings. The van der Waals surface area contributed by atoms with Gasteiger partial charge in [0.2, 0.25) is 0 Å². The average Bonchev–Trinajstić information content (AvgIpc) is 3.13. The van der Waals surface area contributed by atoms with Gasteiger partial charge < -0.3 is 14.4 Å². The zero-order valence-corrected chi connectivity index (χ0v) is 20.6. The van der Waals surface area contributed by atoms with Gasteiger partial charge in [-0.2, -0.15) is 0 Å². The number of hydrogen-bond acceptors (Lipinski definition) is 7. The number of carbonyl (C=O) groups excluding carboxylic acids is 1. The van der Waals surface area contributed by atoms with Crippen LogP contribution in [0.3, 0.4) is 0 Å². The lowest BCUT2D eigenvalue weighted by Crippen LogP contribution is -2.52. The zero-order valence-electron chi connectivity index (χ0n) is 19.0. The first-order chi connectivity index (χ1) is 14.9. The lowest BCUT2D eigenvalue weighted by molar-refractivity contribution is -0.0272. The summed E-state index contributed by atoms with van der Waals surface area (Å²) in [7, 11) is -3.08. The Kier molecular flexibility index (Phi) is 6.00. The Balaban J connectivity index is 1.42. The summed E-state index contributed by atoms with van der Waals surface area (Å²) in [5.74, 6) is 0.903. The van der Waals surface area contributed by atoms with Gasteiger partial charge in [-0.15, -0.1) is 11.3 Å². The summed E-state index contributed by atoms with van der Waals surface area (Å²) < 4.78 is 35.1. The van der Waals surface area contributed by atoms with Gasteiger partial charge in [-0.25, -0.2) is 18.2 Å². The van der Waals surface area contributed by atoms with E-state index in [2.05, 4.69) is 11.1 Å². The maximum absolute atomic E-state index is 12.4. The Bertz CT molecular complexity index is 1110. The Morgan fingerprint density at radius 2 is 1.97 bits per heavy atom. The Hall–Kier alpha value is -2.13. The highest BCUT2D eigenvalue weighted by Gasteiger charge is 2.41. The van der Waals surface area contributed by atoms with Crippen molar-refractivity contribution in [1.82, 2.24) is 9.88 Å². The van der Waals surface area contributed by atoms with Crippen molar-refractivity contribution < 1.29 is 22.7 Å². The molecule has 7 nitrogen and oxygen atoms in total. The standard InChI is InChI=1S/C23H30N2O5S2/c1-22(2,3)30-21(26)25-11-9-23(10-12-25)8-7-16-13-17(5-6-19(16)29-23)20-24-14-18(31-20)15-32(4,27)28/h5-6,13-14H,7-12,15H2,1-4H3. The molecular formula is C23H30N2O5S2. The first-order valence-electron chi connectivity index (χ1n) is 10.8. The van der Waals surface area contributed by atoms with Crippen molar-refractivity contribution >= 4 is 27.3 Å². The Morgan fingerprint density at radius 3 is 2.62 bits per heavy atom. The summed E-state index contributed by atoms with van der Waals surface area (Å²) in [6.45, 7) is 6.90. The largest absolute Gasteiger partial charge is 0.487 e. The quantitative estimate of drug-likeness (QED) is 0.648. The minimum atomic E-state index is -3.08. The van der Waals surface area contributed by atoms with E-state index in [9.17, 15) is 13.2 Å². The number of nitrogens with zero attached hydrogens (tertiary/aromatic N) is 2. The average molecular weight is 479 g/mol. The molecule has 3 heterocycles. The fourth-order valence-electron chi connectivity index (χ4n) is 4.20. The predicted molar refractivity (Wildman–Crippen MR) is 125 cm³/mol. The third-order valence-electron chi connectivity index (χ3n) is 5.77. The normalized spacial score (nSPS) is 18.2. The summed E-state index contributed by atoms with van der Waals surface area (Å²) in [5, 5.41) is 0.817. The summed E-state index contributed by atoms with van der Waals surface area (Å²) in [6.07, 6.45) is 6.00. The highest BCUT2D eigenvalue weighted by Crippen LogP contribution is 2.41. The lowest BCUT2D eigenvalue weighted by atomic mass is 9.83. The van der Waals surface area contributed by atoms with Gasteiger partial charge >= 0.3 is 6.09 Å². The van der Waals surface area contributed by atoms with Crippen molar-refractivity contribution in [3.63, 3.8) is 0 Å². The molecule has 32 heavy (non-hydrogen) atoms. The molecule has 0 N–H and O–H groups in total. The second-order valence-corrected chi connectivity index (χ2v) is 13.0. The van der Waals surface area contributed by atoms with Crippen LogP contribution in [0.4, 0.5) is 4.79 Å². The van der Waals surface area contributed by atoms with Crippen molar-refractivity contribution in [1.29, 1.82) is 0 Å². The number of rotatable bonds is 3. The first-order valence-corrected chi connectivity index (χ1v) is 13.7. The molecule has 0 bridgehead atoms. The minimum Gasteiger partial charge on any atom is -0.487 e. The Morgan fingerprint density at radius 1 is 1.25 bits per heavy atom. The van der Waals surface area contributed by atoms with Crippen LogP contribution >= 0.6 is 11.3 Å². The van der Waals surface area contributed by atoms with Gasteiger partial charge in [0.1, 0.15) is 22.0 Å². The molecule has 0 unspecified atom stereocenters. The number of benzene rings is 1. The van der Waals surface area contributed by atoms with Crippen LogP contribution in [0.2, 0.25) is 0 Å². The van der Waals surface area contributed by atoms with E-state index < -0.39 is 15.4 Å². The second-order valence-electron chi connectivity index (χ2n) is 9.78. The molecule has 2 aromatic rings. The number of sulfone groups is 1. The molecule has 1 aromatic carbocycles. The fourth-order valence-corrected chi connectivity index (χ4v) is 6.37. The molecule has 1 amide bonds. The highest BCUT2D eigenvalue weighted by atomic mass is 32.2. The van der Waals surface area contributed by atoms with E-state index >= 15 is 0 Å². The van der Waals surface area contributed by atoms with Gasteiger partial charge in [0.05, 0.1) is 5.75 Å². The molecule has 1 spiro atoms. The van der Waals surface area contributed by atoms with E-state index in [1.165, 1.54) is 17.6 Å². The topological polar surface area (TPSA) is 85.8 Å². The minimum absolute atomic E-state index is 0.0154. The van der Waals surface area contributed by atoms with Crippen LogP contribution in [-0.2, 0) is 26.7 Å². The van der Waals surface area contributed by atoms with E-state index in [0.717, 1.165) is 52.4 Å². The number of ether oxygens (including phenoxy) is 2. The van der Waals surface area contributed by atoms with E-state index in [4.69, 9.17) is 9.47 Å². The van der Waals surface area contributed by atoms with Crippen molar-refractivity contribution in [2.24, 2.45) is 0 Å². The van der Waals surface area contributed by atoms with Gasteiger partial charge in [0.25, 0.3) is 0 Å². The van der Waals surface area contributed by atoms with Gasteiger partial charge in [-0.3, -0.25) is 0 Å². The molecule has 0 aliphatic carbocycles. The molecule has 0 atom stereocenters. The smallest absolute Gasteiger partial charge is 0.410 e. The van der Waals surface area contributed by atoms with Crippen LogP contribution in [0.5, 0.6) is 5.75 Å². The summed E-state index contributed by atoms with van der Waals surface area (Å²) in [4.78, 5) is 19.3.